The van der Waals surface area contributed by atoms with Crippen molar-refractivity contribution >= 4 is 5.97 Å². The zero-order chi connectivity index (χ0) is 33.8. The Balaban J connectivity index is 2.35. The first kappa shape index (κ1) is 27.8. The highest BCUT2D eigenvalue weighted by Crippen LogP contribution is 2.40. The van der Waals surface area contributed by atoms with Crippen molar-refractivity contribution in [3.63, 3.8) is 0 Å². The Hall–Kier alpha value is -2.35. The molecule has 1 rings (SSSR count). The summed E-state index contributed by atoms with van der Waals surface area (Å²) in [5, 5.41) is 0. The highest BCUT2D eigenvalue weighted by Gasteiger charge is 2.26. The maximum atomic E-state index is 12.1. The van der Waals surface area contributed by atoms with Gasteiger partial charge in [-0.05, 0) is 95.5 Å². The number of hydrogen-bond donors (Lipinski definition) is 0. The fraction of sp³-hybridized carbons (Fsp3) is 0.605. The molecular formula is C38H60O2. The second-order valence-electron chi connectivity index (χ2n) is 11.6. The number of hydrogen-bond acceptors (Lipinski definition) is 2. The number of ether oxygens (including phenoxy) is 1. The average molecular weight is 554 g/mol. The number of esters is 1. The predicted octanol–water partition coefficient (Wildman–Crippen LogP) is 11.9. The van der Waals surface area contributed by atoms with E-state index in [0.29, 0.717) is 18.4 Å². The Morgan fingerprint density at radius 1 is 0.950 bits per heavy atom. The van der Waals surface area contributed by atoms with Gasteiger partial charge in [-0.2, -0.15) is 0 Å². The summed E-state index contributed by atoms with van der Waals surface area (Å²) in [5.41, 5.74) is 1.97. The molecule has 2 heteroatoms. The van der Waals surface area contributed by atoms with E-state index in [1.807, 2.05) is 58.1 Å². The summed E-state index contributed by atoms with van der Waals surface area (Å²) in [6.07, 6.45) is 32.5. The van der Waals surface area contributed by atoms with Crippen LogP contribution in [0.15, 0.2) is 83.1 Å². The Bertz CT molecular complexity index is 1100. The van der Waals surface area contributed by atoms with Crippen molar-refractivity contribution in [1.82, 2.24) is 0 Å². The highest BCUT2D eigenvalue weighted by atomic mass is 16.5. The quantitative estimate of drug-likeness (QED) is 0.0648. The fourth-order valence-corrected chi connectivity index (χ4v) is 4.49. The van der Waals surface area contributed by atoms with Crippen LogP contribution in [-0.2, 0) is 9.53 Å². The third-order valence-corrected chi connectivity index (χ3v) is 7.26. The molecule has 0 N–H and O–H groups in total. The molecule has 224 valence electrons. The van der Waals surface area contributed by atoms with Gasteiger partial charge in [-0.3, -0.25) is 4.79 Å². The fourth-order valence-electron chi connectivity index (χ4n) is 4.49. The molecule has 1 aliphatic rings. The van der Waals surface area contributed by atoms with E-state index in [0.717, 1.165) is 43.3 Å². The van der Waals surface area contributed by atoms with E-state index in [1.54, 1.807) is 6.08 Å². The SMILES string of the molecule is [2H]C([2H])([2H])C1=C(/C=C/C(C)=C/C=C/C(C)=C/COC(=O)CCCCCCC/C=C\C/C=C\CCCCC)C(C)(C)CCC1([2H])[2H]. The van der Waals surface area contributed by atoms with Crippen molar-refractivity contribution < 1.29 is 16.4 Å². The Labute approximate surface area is 255 Å². The van der Waals surface area contributed by atoms with E-state index in [4.69, 9.17) is 11.6 Å². The van der Waals surface area contributed by atoms with Gasteiger partial charge in [0, 0.05) is 13.3 Å². The predicted molar refractivity (Wildman–Crippen MR) is 176 cm³/mol. The van der Waals surface area contributed by atoms with Crippen LogP contribution in [0, 0.1) is 5.41 Å². The molecule has 0 saturated heterocycles. The number of carbonyl (C=O) groups excluding carboxylic acids is 1. The monoisotopic (exact) mass is 553 g/mol. The molecule has 1 aliphatic carbocycles. The lowest BCUT2D eigenvalue weighted by Crippen LogP contribution is -2.19. The summed E-state index contributed by atoms with van der Waals surface area (Å²) in [7, 11) is 0. The van der Waals surface area contributed by atoms with Crippen LogP contribution in [0.5, 0.6) is 0 Å². The van der Waals surface area contributed by atoms with Crippen LogP contribution >= 0.6 is 0 Å². The largest absolute Gasteiger partial charge is 0.461 e. The van der Waals surface area contributed by atoms with Gasteiger partial charge in [0.05, 0.1) is 0 Å². The van der Waals surface area contributed by atoms with Crippen LogP contribution in [0.25, 0.3) is 0 Å². The normalized spacial score (nSPS) is 20.3. The molecule has 0 fully saturated rings. The van der Waals surface area contributed by atoms with E-state index in [9.17, 15) is 4.79 Å². The lowest BCUT2D eigenvalue weighted by molar-refractivity contribution is -0.142. The molecule has 0 unspecified atom stereocenters. The summed E-state index contributed by atoms with van der Waals surface area (Å²) < 4.78 is 45.9. The van der Waals surface area contributed by atoms with Crippen molar-refractivity contribution in [2.24, 2.45) is 5.41 Å². The molecule has 0 aromatic rings. The van der Waals surface area contributed by atoms with Gasteiger partial charge in [0.25, 0.3) is 0 Å². The van der Waals surface area contributed by atoms with E-state index in [-0.39, 0.29) is 24.6 Å². The maximum absolute atomic E-state index is 12.1. The van der Waals surface area contributed by atoms with Crippen molar-refractivity contribution in [3.8, 4) is 0 Å². The molecule has 0 amide bonds. The number of rotatable bonds is 20. The lowest BCUT2D eigenvalue weighted by Gasteiger charge is -2.32. The summed E-state index contributed by atoms with van der Waals surface area (Å²) in [4.78, 5) is 12.1. The average Bonchev–Trinajstić information content (AvgIpc) is 2.95. The smallest absolute Gasteiger partial charge is 0.306 e. The summed E-state index contributed by atoms with van der Waals surface area (Å²) in [5.74, 6) is -0.157. The molecule has 0 heterocycles. The van der Waals surface area contributed by atoms with Gasteiger partial charge in [-0.25, -0.2) is 0 Å². The van der Waals surface area contributed by atoms with Gasteiger partial charge in [-0.1, -0.05) is 124 Å². The molecule has 2 nitrogen and oxygen atoms in total. The highest BCUT2D eigenvalue weighted by molar-refractivity contribution is 5.69. The van der Waals surface area contributed by atoms with Gasteiger partial charge in [0.1, 0.15) is 6.61 Å². The molecule has 0 spiro atoms. The third kappa shape index (κ3) is 18.1. The summed E-state index contributed by atoms with van der Waals surface area (Å²) >= 11 is 0. The van der Waals surface area contributed by atoms with Gasteiger partial charge in [0.2, 0.25) is 0 Å². The van der Waals surface area contributed by atoms with E-state index in [2.05, 4.69) is 31.2 Å². The number of unbranched alkanes of at least 4 members (excludes halogenated alkanes) is 8. The molecular weight excluding hydrogens is 488 g/mol. The standard InChI is InChI=1S/C38H60O2/c1-7-8-9-10-11-12-13-14-15-16-17-18-19-20-21-27-37(39)40-32-30-34(3)25-22-24-33(2)28-29-36-35(4)26-23-31-38(36,5)6/h11-12,14-15,22,24-25,28-30H,7-10,13,16-21,23,26-27,31-32H2,1-6H3/b12-11-,15-14-,25-22+,29-28+,33-24+,34-30+/i4D3,26D2. The Kier molecular flexibility index (Phi) is 15.5. The van der Waals surface area contributed by atoms with Crippen molar-refractivity contribution in [2.75, 3.05) is 6.61 Å². The van der Waals surface area contributed by atoms with Gasteiger partial charge in [0.15, 0.2) is 0 Å². The molecule has 40 heavy (non-hydrogen) atoms. The number of carbonyl (C=O) groups is 1. The van der Waals surface area contributed by atoms with Crippen LogP contribution in [0.3, 0.4) is 0 Å². The minimum atomic E-state index is -2.48. The lowest BCUT2D eigenvalue weighted by atomic mass is 9.72. The molecule has 0 bridgehead atoms. The van der Waals surface area contributed by atoms with Crippen LogP contribution in [0.4, 0.5) is 0 Å². The Morgan fingerprint density at radius 2 is 1.65 bits per heavy atom. The second kappa shape index (κ2) is 22.4. The first-order valence-electron chi connectivity index (χ1n) is 18.1. The molecule has 0 aliphatic heterocycles. The first-order chi connectivity index (χ1) is 21.2. The van der Waals surface area contributed by atoms with Gasteiger partial charge in [-0.15, -0.1) is 0 Å². The molecule has 0 aromatic heterocycles. The summed E-state index contributed by atoms with van der Waals surface area (Å²) in [6, 6.07) is 0. The topological polar surface area (TPSA) is 26.3 Å². The van der Waals surface area contributed by atoms with Crippen LogP contribution < -0.4 is 0 Å². The molecule has 0 atom stereocenters. The van der Waals surface area contributed by atoms with Crippen LogP contribution in [0.2, 0.25) is 0 Å². The number of allylic oxidation sites excluding steroid dienone is 13. The maximum Gasteiger partial charge on any atom is 0.306 e. The third-order valence-electron chi connectivity index (χ3n) is 7.26. The molecule has 0 saturated carbocycles. The van der Waals surface area contributed by atoms with Gasteiger partial charge < -0.3 is 4.74 Å². The van der Waals surface area contributed by atoms with Crippen molar-refractivity contribution in [2.45, 2.75) is 138 Å². The molecule has 0 aromatic carbocycles. The molecule has 0 radical (unpaired) electrons. The van der Waals surface area contributed by atoms with Crippen LogP contribution in [0.1, 0.15) is 145 Å². The zero-order valence-electron chi connectivity index (χ0n) is 31.2. The van der Waals surface area contributed by atoms with Gasteiger partial charge >= 0.3 is 5.97 Å². The zero-order valence-corrected chi connectivity index (χ0v) is 26.2. The van der Waals surface area contributed by atoms with Crippen molar-refractivity contribution in [1.29, 1.82) is 0 Å². The van der Waals surface area contributed by atoms with E-state index >= 15 is 0 Å². The minimum Gasteiger partial charge on any atom is -0.461 e. The second-order valence-corrected chi connectivity index (χ2v) is 11.6. The first-order valence-corrected chi connectivity index (χ1v) is 15.6. The van der Waals surface area contributed by atoms with E-state index < -0.39 is 18.6 Å². The Morgan fingerprint density at radius 3 is 2.38 bits per heavy atom. The minimum absolute atomic E-state index is 0.0744. The van der Waals surface area contributed by atoms with Crippen LogP contribution in [-0.4, -0.2) is 12.6 Å². The summed E-state index contributed by atoms with van der Waals surface area (Å²) in [6.45, 7) is 7.83. The van der Waals surface area contributed by atoms with E-state index in [1.165, 1.54) is 38.5 Å². The van der Waals surface area contributed by atoms with Crippen molar-refractivity contribution in [3.05, 3.63) is 83.1 Å².